The molecule has 200 valence electrons. The van der Waals surface area contributed by atoms with Gasteiger partial charge >= 0.3 is 0 Å². The number of halogens is 2. The van der Waals surface area contributed by atoms with Crippen LogP contribution in [-0.2, 0) is 15.9 Å². The van der Waals surface area contributed by atoms with Crippen LogP contribution in [0.2, 0.25) is 10.0 Å². The van der Waals surface area contributed by atoms with Crippen molar-refractivity contribution < 1.29 is 9.47 Å². The number of nitrogens with one attached hydrogen (secondary N) is 2. The van der Waals surface area contributed by atoms with Gasteiger partial charge in [-0.2, -0.15) is 0 Å². The number of anilines is 1. The Kier molecular flexibility index (Phi) is 11.7. The quantitative estimate of drug-likeness (QED) is 0.348. The van der Waals surface area contributed by atoms with Gasteiger partial charge in [-0.25, -0.2) is 4.98 Å². The van der Waals surface area contributed by atoms with Crippen LogP contribution in [-0.4, -0.2) is 55.0 Å². The molecule has 1 saturated carbocycles. The van der Waals surface area contributed by atoms with Crippen molar-refractivity contribution in [3.63, 3.8) is 0 Å². The summed E-state index contributed by atoms with van der Waals surface area (Å²) in [6.45, 7) is 4.51. The molecule has 1 aliphatic heterocycles. The van der Waals surface area contributed by atoms with Gasteiger partial charge in [0.1, 0.15) is 5.82 Å². The van der Waals surface area contributed by atoms with E-state index in [1.54, 1.807) is 13.3 Å². The third-order valence-corrected chi connectivity index (χ3v) is 7.69. The summed E-state index contributed by atoms with van der Waals surface area (Å²) in [6.07, 6.45) is 11.1. The van der Waals surface area contributed by atoms with E-state index in [1.807, 2.05) is 12.1 Å². The van der Waals surface area contributed by atoms with Crippen LogP contribution in [0.4, 0.5) is 5.82 Å². The molecule has 2 aromatic rings. The van der Waals surface area contributed by atoms with Gasteiger partial charge in [-0.05, 0) is 82.4 Å². The lowest BCUT2D eigenvalue weighted by Crippen LogP contribution is -2.41. The van der Waals surface area contributed by atoms with E-state index in [9.17, 15) is 0 Å². The Balaban J connectivity index is 0.00000361. The van der Waals surface area contributed by atoms with Crippen molar-refractivity contribution in [1.82, 2.24) is 15.3 Å². The summed E-state index contributed by atoms with van der Waals surface area (Å²) in [7, 11) is 1.75. The van der Waals surface area contributed by atoms with Crippen LogP contribution < -0.4 is 10.6 Å². The predicted octanol–water partition coefficient (Wildman–Crippen LogP) is 6.79. The maximum Gasteiger partial charge on any atom is 0.126 e. The molecule has 0 radical (unpaired) electrons. The van der Waals surface area contributed by atoms with Gasteiger partial charge in [0.2, 0.25) is 0 Å². The molecule has 2 aromatic heterocycles. The maximum absolute atomic E-state index is 6.57. The molecule has 2 aliphatic rings. The minimum absolute atomic E-state index is 0. The highest BCUT2D eigenvalue weighted by Gasteiger charge is 2.23. The number of rotatable bonds is 10. The van der Waals surface area contributed by atoms with E-state index in [2.05, 4.69) is 28.6 Å². The normalized spacial score (nSPS) is 23.1. The first-order valence-corrected chi connectivity index (χ1v) is 13.7. The van der Waals surface area contributed by atoms with Crippen LogP contribution >= 0.6 is 23.2 Å². The zero-order valence-corrected chi connectivity index (χ0v) is 22.4. The van der Waals surface area contributed by atoms with Crippen molar-refractivity contribution in [3.8, 4) is 11.3 Å². The lowest BCUT2D eigenvalue weighted by Gasteiger charge is -2.31. The van der Waals surface area contributed by atoms with Gasteiger partial charge in [0.15, 0.2) is 0 Å². The minimum atomic E-state index is 0. The fraction of sp³-hybridized carbons (Fsp3) is 0.643. The number of hydrogen-bond donors (Lipinski definition) is 2. The maximum atomic E-state index is 6.57. The highest BCUT2D eigenvalue weighted by molar-refractivity contribution is 6.36. The number of aromatic nitrogens is 2. The van der Waals surface area contributed by atoms with Gasteiger partial charge in [-0.15, -0.1) is 0 Å². The highest BCUT2D eigenvalue weighted by atomic mass is 35.5. The molecule has 36 heavy (non-hydrogen) atoms. The third-order valence-electron chi connectivity index (χ3n) is 7.08. The fourth-order valence-electron chi connectivity index (χ4n) is 5.22. The lowest BCUT2D eigenvalue weighted by molar-refractivity contribution is 0.0247. The monoisotopic (exact) mass is 536 g/mol. The van der Waals surface area contributed by atoms with E-state index in [0.29, 0.717) is 33.7 Å². The average molecular weight is 538 g/mol. The Bertz CT molecular complexity index is 947. The van der Waals surface area contributed by atoms with Crippen molar-refractivity contribution in [3.05, 3.63) is 40.1 Å². The van der Waals surface area contributed by atoms with Gasteiger partial charge in [0.25, 0.3) is 0 Å². The number of methoxy groups -OCH3 is 1. The van der Waals surface area contributed by atoms with Gasteiger partial charge < -0.3 is 20.1 Å². The Hall–Kier alpha value is -1.44. The molecule has 0 unspecified atom stereocenters. The van der Waals surface area contributed by atoms with E-state index < -0.39 is 0 Å². The topological polar surface area (TPSA) is 68.3 Å². The summed E-state index contributed by atoms with van der Waals surface area (Å²) in [5, 5.41) is 8.25. The van der Waals surface area contributed by atoms with Gasteiger partial charge in [0, 0.05) is 49.8 Å². The molecule has 4 rings (SSSR count). The molecule has 3 heterocycles. The number of hydrogen-bond acceptors (Lipinski definition) is 6. The standard InChI is InChI=1S/C27H38Cl2N4O2.CH4/c1-18(17-34-2)32-20-8-6-19(7-9-20)13-21-14-23(25(29)16-30-21)27-24(28)10-11-26(33-27)31-15-22-5-3-4-12-35-22;/h10-11,14,16,18-20,22,32H,3-9,12-13,15,17H2,1-2H3,(H,31,33);1H4/t18-,19?,20?,22+;/m1./s1. The van der Waals surface area contributed by atoms with Crippen molar-refractivity contribution >= 4 is 29.0 Å². The molecular weight excluding hydrogens is 495 g/mol. The van der Waals surface area contributed by atoms with E-state index in [0.717, 1.165) is 56.1 Å². The SMILES string of the molecule is C.COC[C@@H](C)NC1CCC(Cc2cc(-c3nc(NC[C@@H]4CCCCO4)ccc3Cl)c(Cl)cn2)CC1. The average Bonchev–Trinajstić information content (AvgIpc) is 2.87. The van der Waals surface area contributed by atoms with Crippen LogP contribution in [0.5, 0.6) is 0 Å². The number of nitrogens with zero attached hydrogens (tertiary/aromatic N) is 2. The van der Waals surface area contributed by atoms with Crippen LogP contribution in [0.3, 0.4) is 0 Å². The first-order chi connectivity index (χ1) is 17.0. The first-order valence-electron chi connectivity index (χ1n) is 12.9. The molecule has 2 fully saturated rings. The molecule has 2 N–H and O–H groups in total. The third kappa shape index (κ3) is 8.29. The molecule has 2 atom stereocenters. The Labute approximate surface area is 226 Å². The van der Waals surface area contributed by atoms with E-state index in [4.69, 9.17) is 37.7 Å². The molecule has 0 aromatic carbocycles. The van der Waals surface area contributed by atoms with Crippen LogP contribution in [0.25, 0.3) is 11.3 Å². The lowest BCUT2D eigenvalue weighted by atomic mass is 9.83. The van der Waals surface area contributed by atoms with Crippen molar-refractivity contribution in [1.29, 1.82) is 0 Å². The molecule has 0 amide bonds. The molecular formula is C28H42Cl2N4O2. The summed E-state index contributed by atoms with van der Waals surface area (Å²) < 4.78 is 11.1. The van der Waals surface area contributed by atoms with Crippen LogP contribution in [0.1, 0.15) is 65.0 Å². The van der Waals surface area contributed by atoms with E-state index in [1.165, 1.54) is 32.1 Å². The second-order valence-corrected chi connectivity index (χ2v) is 10.8. The van der Waals surface area contributed by atoms with E-state index in [-0.39, 0.29) is 13.5 Å². The highest BCUT2D eigenvalue weighted by Crippen LogP contribution is 2.34. The molecule has 0 spiro atoms. The second kappa shape index (κ2) is 14.5. The van der Waals surface area contributed by atoms with E-state index >= 15 is 0 Å². The fourth-order valence-corrected chi connectivity index (χ4v) is 5.62. The first kappa shape index (κ1) is 29.1. The second-order valence-electron chi connectivity index (χ2n) is 10.00. The summed E-state index contributed by atoms with van der Waals surface area (Å²) in [5.41, 5.74) is 2.57. The number of ether oxygens (including phenoxy) is 2. The number of pyridine rings is 2. The van der Waals surface area contributed by atoms with Gasteiger partial charge in [-0.3, -0.25) is 4.98 Å². The Morgan fingerprint density at radius 2 is 1.92 bits per heavy atom. The van der Waals surface area contributed by atoms with Crippen molar-refractivity contribution in [2.24, 2.45) is 5.92 Å². The Morgan fingerprint density at radius 1 is 1.11 bits per heavy atom. The van der Waals surface area contributed by atoms with Crippen molar-refractivity contribution in [2.45, 2.75) is 83.9 Å². The van der Waals surface area contributed by atoms with Crippen LogP contribution in [0, 0.1) is 5.92 Å². The smallest absolute Gasteiger partial charge is 0.126 e. The molecule has 8 heteroatoms. The summed E-state index contributed by atoms with van der Waals surface area (Å²) in [4.78, 5) is 9.43. The Morgan fingerprint density at radius 3 is 2.64 bits per heavy atom. The van der Waals surface area contributed by atoms with Crippen molar-refractivity contribution in [2.75, 3.05) is 32.2 Å². The molecule has 6 nitrogen and oxygen atoms in total. The molecule has 0 bridgehead atoms. The zero-order chi connectivity index (χ0) is 24.6. The predicted molar refractivity (Wildman–Crippen MR) is 150 cm³/mol. The molecule has 1 saturated heterocycles. The summed E-state index contributed by atoms with van der Waals surface area (Å²) in [6, 6.07) is 6.81. The summed E-state index contributed by atoms with van der Waals surface area (Å²) in [5.74, 6) is 1.40. The minimum Gasteiger partial charge on any atom is -0.383 e. The van der Waals surface area contributed by atoms with Gasteiger partial charge in [-0.1, -0.05) is 30.6 Å². The zero-order valence-electron chi connectivity index (χ0n) is 20.9. The molecule has 1 aliphatic carbocycles. The van der Waals surface area contributed by atoms with Gasteiger partial charge in [0.05, 0.1) is 28.5 Å². The largest absolute Gasteiger partial charge is 0.383 e. The summed E-state index contributed by atoms with van der Waals surface area (Å²) >= 11 is 13.1. The van der Waals surface area contributed by atoms with Crippen LogP contribution in [0.15, 0.2) is 24.4 Å².